The van der Waals surface area contributed by atoms with Crippen molar-refractivity contribution in [3.05, 3.63) is 28.3 Å². The van der Waals surface area contributed by atoms with Crippen LogP contribution < -0.4 is 10.6 Å². The topological polar surface area (TPSA) is 67.2 Å². The molecule has 0 heterocycles. The molecular weight excluding hydrogens is 230 g/mol. The first kappa shape index (κ1) is 14.3. The highest BCUT2D eigenvalue weighted by Gasteiger charge is 2.11. The molecule has 0 saturated carbocycles. The number of nitro benzene ring substituents is 1. The Hall–Kier alpha value is -1.78. The summed E-state index contributed by atoms with van der Waals surface area (Å²) in [5, 5.41) is 17.0. The number of hydrogen-bond acceptors (Lipinski definition) is 4. The van der Waals surface area contributed by atoms with E-state index in [2.05, 4.69) is 31.4 Å². The van der Waals surface area contributed by atoms with Crippen LogP contribution in [-0.4, -0.2) is 18.5 Å². The first-order valence-corrected chi connectivity index (χ1v) is 6.03. The van der Waals surface area contributed by atoms with Gasteiger partial charge in [0, 0.05) is 37.1 Å². The average Bonchev–Trinajstić information content (AvgIpc) is 2.26. The second-order valence-electron chi connectivity index (χ2n) is 5.51. The van der Waals surface area contributed by atoms with Gasteiger partial charge < -0.3 is 10.6 Å². The summed E-state index contributed by atoms with van der Waals surface area (Å²) in [4.78, 5) is 10.4. The molecule has 0 aliphatic rings. The summed E-state index contributed by atoms with van der Waals surface area (Å²) in [5.74, 6) is 0. The molecule has 5 heteroatoms. The van der Waals surface area contributed by atoms with Gasteiger partial charge in [-0.25, -0.2) is 0 Å². The van der Waals surface area contributed by atoms with Crippen molar-refractivity contribution in [2.45, 2.75) is 27.2 Å². The number of hydrogen-bond donors (Lipinski definition) is 2. The second-order valence-corrected chi connectivity index (χ2v) is 5.51. The van der Waals surface area contributed by atoms with Gasteiger partial charge in [-0.15, -0.1) is 0 Å². The van der Waals surface area contributed by atoms with Crippen LogP contribution in [0, 0.1) is 15.5 Å². The Balaban J connectivity index is 2.76. The molecule has 2 N–H and O–H groups in total. The third kappa shape index (κ3) is 4.61. The largest absolute Gasteiger partial charge is 0.388 e. The van der Waals surface area contributed by atoms with Crippen LogP contribution in [0.3, 0.4) is 0 Å². The minimum atomic E-state index is -0.379. The van der Waals surface area contributed by atoms with Crippen molar-refractivity contribution in [1.29, 1.82) is 0 Å². The summed E-state index contributed by atoms with van der Waals surface area (Å²) in [6.45, 7) is 7.30. The van der Waals surface area contributed by atoms with Crippen LogP contribution in [0.25, 0.3) is 0 Å². The Labute approximate surface area is 108 Å². The molecule has 0 amide bonds. The van der Waals surface area contributed by atoms with Crippen molar-refractivity contribution in [3.8, 4) is 0 Å². The van der Waals surface area contributed by atoms with E-state index < -0.39 is 0 Å². The number of nitrogens with one attached hydrogen (secondary N) is 2. The first-order valence-electron chi connectivity index (χ1n) is 6.03. The minimum Gasteiger partial charge on any atom is -0.388 e. The fourth-order valence-corrected chi connectivity index (χ4v) is 1.54. The van der Waals surface area contributed by atoms with Crippen LogP contribution >= 0.6 is 0 Å². The molecule has 0 unspecified atom stereocenters. The van der Waals surface area contributed by atoms with Crippen molar-refractivity contribution < 1.29 is 4.92 Å². The van der Waals surface area contributed by atoms with Gasteiger partial charge in [0.05, 0.1) is 4.92 Å². The van der Waals surface area contributed by atoms with Crippen molar-refractivity contribution in [2.24, 2.45) is 5.41 Å². The number of nitrogens with zero attached hydrogens (tertiary/aromatic N) is 1. The summed E-state index contributed by atoms with van der Waals surface area (Å²) >= 11 is 0. The minimum absolute atomic E-state index is 0.0973. The van der Waals surface area contributed by atoms with Crippen LogP contribution in [0.2, 0.25) is 0 Å². The molecule has 0 aromatic heterocycles. The predicted molar refractivity (Wildman–Crippen MR) is 75.2 cm³/mol. The third-order valence-electron chi connectivity index (χ3n) is 2.62. The first-order chi connectivity index (χ1) is 8.31. The predicted octanol–water partition coefficient (Wildman–Crippen LogP) is 3.48. The average molecular weight is 251 g/mol. The molecule has 0 aliphatic carbocycles. The molecule has 0 aliphatic heterocycles. The van der Waals surface area contributed by atoms with E-state index in [0.717, 1.165) is 24.3 Å². The summed E-state index contributed by atoms with van der Waals surface area (Å²) in [7, 11) is 1.75. The monoisotopic (exact) mass is 251 g/mol. The summed E-state index contributed by atoms with van der Waals surface area (Å²) in [6.07, 6.45) is 1.00. The Morgan fingerprint density at radius 2 is 1.83 bits per heavy atom. The number of nitro groups is 1. The van der Waals surface area contributed by atoms with E-state index in [9.17, 15) is 10.1 Å². The van der Waals surface area contributed by atoms with Gasteiger partial charge in [0.15, 0.2) is 0 Å². The van der Waals surface area contributed by atoms with E-state index in [4.69, 9.17) is 0 Å². The molecule has 0 bridgehead atoms. The van der Waals surface area contributed by atoms with Crippen LogP contribution in [0.15, 0.2) is 18.2 Å². The van der Waals surface area contributed by atoms with Gasteiger partial charge in [-0.2, -0.15) is 0 Å². The van der Waals surface area contributed by atoms with Crippen molar-refractivity contribution in [1.82, 2.24) is 0 Å². The Morgan fingerprint density at radius 3 is 2.33 bits per heavy atom. The zero-order valence-electron chi connectivity index (χ0n) is 11.4. The number of non-ortho nitro benzene ring substituents is 1. The highest BCUT2D eigenvalue weighted by atomic mass is 16.6. The van der Waals surface area contributed by atoms with Crippen molar-refractivity contribution in [3.63, 3.8) is 0 Å². The van der Waals surface area contributed by atoms with E-state index in [-0.39, 0.29) is 16.0 Å². The Bertz CT molecular complexity index is 425. The quantitative estimate of drug-likeness (QED) is 0.621. The van der Waals surface area contributed by atoms with Gasteiger partial charge in [0.25, 0.3) is 5.69 Å². The van der Waals surface area contributed by atoms with E-state index in [1.54, 1.807) is 13.1 Å². The summed E-state index contributed by atoms with van der Waals surface area (Å²) in [5.41, 5.74) is 1.86. The number of anilines is 2. The molecular formula is C13H21N3O2. The molecule has 18 heavy (non-hydrogen) atoms. The lowest BCUT2D eigenvalue weighted by atomic mass is 9.92. The van der Waals surface area contributed by atoms with Gasteiger partial charge >= 0.3 is 0 Å². The highest BCUT2D eigenvalue weighted by Crippen LogP contribution is 2.25. The van der Waals surface area contributed by atoms with Crippen LogP contribution in [0.4, 0.5) is 17.1 Å². The molecule has 0 saturated heterocycles. The molecule has 0 atom stereocenters. The normalized spacial score (nSPS) is 11.1. The molecule has 0 spiro atoms. The van der Waals surface area contributed by atoms with Crippen LogP contribution in [-0.2, 0) is 0 Å². The third-order valence-corrected chi connectivity index (χ3v) is 2.62. The molecule has 5 nitrogen and oxygen atoms in total. The van der Waals surface area contributed by atoms with Gasteiger partial charge in [-0.1, -0.05) is 20.8 Å². The lowest BCUT2D eigenvalue weighted by Crippen LogP contribution is -2.13. The molecule has 100 valence electrons. The Morgan fingerprint density at radius 1 is 1.22 bits per heavy atom. The second kappa shape index (κ2) is 5.71. The zero-order valence-corrected chi connectivity index (χ0v) is 11.4. The van der Waals surface area contributed by atoms with Crippen LogP contribution in [0.5, 0.6) is 0 Å². The van der Waals surface area contributed by atoms with E-state index in [1.807, 2.05) is 6.07 Å². The number of rotatable bonds is 5. The zero-order chi connectivity index (χ0) is 13.8. The van der Waals surface area contributed by atoms with E-state index in [1.165, 1.54) is 6.07 Å². The van der Waals surface area contributed by atoms with Gasteiger partial charge in [-0.05, 0) is 17.9 Å². The maximum absolute atomic E-state index is 10.8. The fourth-order valence-electron chi connectivity index (χ4n) is 1.54. The molecule has 1 aromatic carbocycles. The maximum Gasteiger partial charge on any atom is 0.273 e. The molecule has 0 radical (unpaired) electrons. The molecule has 1 rings (SSSR count). The van der Waals surface area contributed by atoms with Crippen molar-refractivity contribution in [2.75, 3.05) is 24.2 Å². The van der Waals surface area contributed by atoms with Crippen molar-refractivity contribution >= 4 is 17.1 Å². The SMILES string of the molecule is CNc1cc(NCCC(C)(C)C)cc([N+](=O)[O-])c1. The molecule has 0 fully saturated rings. The maximum atomic E-state index is 10.8. The summed E-state index contributed by atoms with van der Waals surface area (Å²) < 4.78 is 0. The fraction of sp³-hybridized carbons (Fsp3) is 0.538. The standard InChI is InChI=1S/C13H21N3O2/c1-13(2,3)5-6-15-11-7-10(14-4)8-12(9-11)16(17)18/h7-9,14-15H,5-6H2,1-4H3. The van der Waals surface area contributed by atoms with E-state index in [0.29, 0.717) is 0 Å². The highest BCUT2D eigenvalue weighted by molar-refractivity contribution is 5.63. The lowest BCUT2D eigenvalue weighted by Gasteiger charge is -2.18. The van der Waals surface area contributed by atoms with Gasteiger partial charge in [0.1, 0.15) is 0 Å². The smallest absolute Gasteiger partial charge is 0.273 e. The number of benzene rings is 1. The lowest BCUT2D eigenvalue weighted by molar-refractivity contribution is -0.384. The van der Waals surface area contributed by atoms with Gasteiger partial charge in [-0.3, -0.25) is 10.1 Å². The van der Waals surface area contributed by atoms with Gasteiger partial charge in [0.2, 0.25) is 0 Å². The Kier molecular flexibility index (Phi) is 4.53. The molecule has 1 aromatic rings. The van der Waals surface area contributed by atoms with E-state index >= 15 is 0 Å². The summed E-state index contributed by atoms with van der Waals surface area (Å²) in [6, 6.07) is 4.95. The van der Waals surface area contributed by atoms with Crippen LogP contribution in [0.1, 0.15) is 27.2 Å².